The molecule has 0 saturated carbocycles. The van der Waals surface area contributed by atoms with Gasteiger partial charge in [-0.05, 0) is 115 Å². The second-order valence-corrected chi connectivity index (χ2v) is 15.3. The van der Waals surface area contributed by atoms with Gasteiger partial charge in [0.15, 0.2) is 0 Å². The molecule has 2 heteroatoms. The summed E-state index contributed by atoms with van der Waals surface area (Å²) in [4.78, 5) is 2.34. The topological polar surface area (TPSA) is 16.4 Å². The Labute approximate surface area is 349 Å². The average molecular weight is 766 g/mol. The third-order valence-corrected chi connectivity index (χ3v) is 11.7. The lowest BCUT2D eigenvalue weighted by atomic mass is 9.87. The van der Waals surface area contributed by atoms with Gasteiger partial charge in [-0.3, -0.25) is 0 Å². The number of para-hydroxylation sites is 1. The normalized spacial score (nSPS) is 11.3. The first-order valence-electron chi connectivity index (χ1n) is 20.5. The van der Waals surface area contributed by atoms with E-state index in [1.54, 1.807) is 0 Å². The Hall–Kier alpha value is -7.94. The van der Waals surface area contributed by atoms with Crippen LogP contribution in [-0.2, 0) is 0 Å². The molecule has 0 bridgehead atoms. The third kappa shape index (κ3) is 6.41. The van der Waals surface area contributed by atoms with Gasteiger partial charge in [0.1, 0.15) is 11.2 Å². The van der Waals surface area contributed by atoms with Crippen molar-refractivity contribution in [2.75, 3.05) is 4.90 Å². The van der Waals surface area contributed by atoms with E-state index in [4.69, 9.17) is 4.42 Å². The van der Waals surface area contributed by atoms with E-state index in [1.807, 2.05) is 12.1 Å². The first-order chi connectivity index (χ1) is 29.7. The van der Waals surface area contributed by atoms with Gasteiger partial charge in [0.2, 0.25) is 0 Å². The molecule has 0 saturated heterocycles. The Bertz CT molecular complexity index is 3320. The average Bonchev–Trinajstić information content (AvgIpc) is 3.70. The molecule has 0 aliphatic heterocycles. The zero-order valence-electron chi connectivity index (χ0n) is 32.9. The predicted octanol–water partition coefficient (Wildman–Crippen LogP) is 16.5. The Morgan fingerprint density at radius 2 is 0.733 bits per heavy atom. The SMILES string of the molecule is c1ccc(-c2ccccc2-c2ccccc2-c2ccccc2-c2ccc(N(c3cccc(-c4ccc5ccccc5c4)c3)c3ccc4c(c3)oc3ccccc34)cc2)cc1. The van der Waals surface area contributed by atoms with E-state index < -0.39 is 0 Å². The van der Waals surface area contributed by atoms with Crippen molar-refractivity contribution in [1.29, 1.82) is 0 Å². The molecule has 0 N–H and O–H groups in total. The molecule has 0 amide bonds. The number of fused-ring (bicyclic) bond motifs is 4. The van der Waals surface area contributed by atoms with Crippen molar-refractivity contribution < 1.29 is 4.42 Å². The van der Waals surface area contributed by atoms with Crippen LogP contribution in [-0.4, -0.2) is 0 Å². The van der Waals surface area contributed by atoms with Crippen molar-refractivity contribution in [2.24, 2.45) is 0 Å². The van der Waals surface area contributed by atoms with Crippen LogP contribution in [0.4, 0.5) is 17.1 Å². The largest absolute Gasteiger partial charge is 0.456 e. The summed E-state index contributed by atoms with van der Waals surface area (Å²) in [6.45, 7) is 0. The van der Waals surface area contributed by atoms with Gasteiger partial charge in [0.05, 0.1) is 0 Å². The van der Waals surface area contributed by atoms with E-state index in [0.717, 1.165) is 50.1 Å². The highest BCUT2D eigenvalue weighted by atomic mass is 16.3. The van der Waals surface area contributed by atoms with Crippen LogP contribution in [0.2, 0.25) is 0 Å². The van der Waals surface area contributed by atoms with E-state index in [0.29, 0.717) is 0 Å². The fourth-order valence-corrected chi connectivity index (χ4v) is 8.79. The van der Waals surface area contributed by atoms with Crippen molar-refractivity contribution in [3.05, 3.63) is 237 Å². The van der Waals surface area contributed by atoms with Gasteiger partial charge >= 0.3 is 0 Å². The highest BCUT2D eigenvalue weighted by molar-refractivity contribution is 6.06. The highest BCUT2D eigenvalue weighted by Crippen LogP contribution is 2.44. The second kappa shape index (κ2) is 15.1. The van der Waals surface area contributed by atoms with Crippen LogP contribution in [0.3, 0.4) is 0 Å². The molecule has 282 valence electrons. The number of hydrogen-bond donors (Lipinski definition) is 0. The van der Waals surface area contributed by atoms with Crippen molar-refractivity contribution >= 4 is 49.8 Å². The summed E-state index contributed by atoms with van der Waals surface area (Å²) in [6.07, 6.45) is 0. The Kier molecular flexibility index (Phi) is 8.87. The molecule has 0 aliphatic carbocycles. The smallest absolute Gasteiger partial charge is 0.137 e. The van der Waals surface area contributed by atoms with E-state index in [1.165, 1.54) is 55.3 Å². The van der Waals surface area contributed by atoms with Crippen LogP contribution in [0.25, 0.3) is 88.3 Å². The Morgan fingerprint density at radius 1 is 0.250 bits per heavy atom. The van der Waals surface area contributed by atoms with Crippen LogP contribution >= 0.6 is 0 Å². The van der Waals surface area contributed by atoms with Gasteiger partial charge in [-0.15, -0.1) is 0 Å². The molecular formula is C58H39NO. The van der Waals surface area contributed by atoms with Crippen LogP contribution in [0.1, 0.15) is 0 Å². The monoisotopic (exact) mass is 765 g/mol. The zero-order valence-corrected chi connectivity index (χ0v) is 32.9. The molecule has 0 radical (unpaired) electrons. The molecule has 60 heavy (non-hydrogen) atoms. The van der Waals surface area contributed by atoms with Gasteiger partial charge < -0.3 is 9.32 Å². The second-order valence-electron chi connectivity index (χ2n) is 15.3. The molecule has 10 aromatic carbocycles. The minimum atomic E-state index is 0.863. The summed E-state index contributed by atoms with van der Waals surface area (Å²) >= 11 is 0. The number of furan rings is 1. The lowest BCUT2D eigenvalue weighted by Crippen LogP contribution is -2.10. The summed E-state index contributed by atoms with van der Waals surface area (Å²) in [5.41, 5.74) is 16.8. The minimum absolute atomic E-state index is 0.863. The molecule has 1 aromatic heterocycles. The van der Waals surface area contributed by atoms with Gasteiger partial charge in [-0.1, -0.05) is 182 Å². The van der Waals surface area contributed by atoms with Crippen LogP contribution in [0.15, 0.2) is 241 Å². The number of anilines is 3. The van der Waals surface area contributed by atoms with Crippen LogP contribution in [0.5, 0.6) is 0 Å². The molecular weight excluding hydrogens is 727 g/mol. The van der Waals surface area contributed by atoms with E-state index >= 15 is 0 Å². The number of rotatable bonds is 8. The number of benzene rings is 10. The Morgan fingerprint density at radius 3 is 1.45 bits per heavy atom. The van der Waals surface area contributed by atoms with E-state index in [2.05, 4.69) is 229 Å². The van der Waals surface area contributed by atoms with Gasteiger partial charge in [-0.2, -0.15) is 0 Å². The summed E-state index contributed by atoms with van der Waals surface area (Å²) in [5.74, 6) is 0. The third-order valence-electron chi connectivity index (χ3n) is 11.7. The van der Waals surface area contributed by atoms with Crippen molar-refractivity contribution in [3.63, 3.8) is 0 Å². The highest BCUT2D eigenvalue weighted by Gasteiger charge is 2.19. The predicted molar refractivity (Wildman–Crippen MR) is 253 cm³/mol. The zero-order chi connectivity index (χ0) is 39.8. The van der Waals surface area contributed by atoms with Gasteiger partial charge in [0.25, 0.3) is 0 Å². The minimum Gasteiger partial charge on any atom is -0.456 e. The van der Waals surface area contributed by atoms with Crippen LogP contribution < -0.4 is 4.90 Å². The van der Waals surface area contributed by atoms with Crippen molar-refractivity contribution in [3.8, 4) is 55.6 Å². The molecule has 0 fully saturated rings. The fraction of sp³-hybridized carbons (Fsp3) is 0. The first-order valence-corrected chi connectivity index (χ1v) is 20.5. The summed E-state index contributed by atoms with van der Waals surface area (Å²) in [5, 5.41) is 4.70. The maximum Gasteiger partial charge on any atom is 0.137 e. The van der Waals surface area contributed by atoms with E-state index in [9.17, 15) is 0 Å². The molecule has 0 spiro atoms. The van der Waals surface area contributed by atoms with Gasteiger partial charge in [0, 0.05) is 33.9 Å². The lowest BCUT2D eigenvalue weighted by molar-refractivity contribution is 0.669. The molecule has 0 aliphatic rings. The molecule has 1 heterocycles. The van der Waals surface area contributed by atoms with Crippen molar-refractivity contribution in [1.82, 2.24) is 0 Å². The maximum absolute atomic E-state index is 6.43. The van der Waals surface area contributed by atoms with Crippen LogP contribution in [0, 0.1) is 0 Å². The quantitative estimate of drug-likeness (QED) is 0.153. The summed E-state index contributed by atoms with van der Waals surface area (Å²) < 4.78 is 6.43. The van der Waals surface area contributed by atoms with Gasteiger partial charge in [-0.25, -0.2) is 0 Å². The van der Waals surface area contributed by atoms with Crippen molar-refractivity contribution in [2.45, 2.75) is 0 Å². The lowest BCUT2D eigenvalue weighted by Gasteiger charge is -2.26. The molecule has 0 unspecified atom stereocenters. The molecule has 2 nitrogen and oxygen atoms in total. The molecule has 11 rings (SSSR count). The maximum atomic E-state index is 6.43. The number of nitrogens with zero attached hydrogens (tertiary/aromatic N) is 1. The summed E-state index contributed by atoms with van der Waals surface area (Å²) in [7, 11) is 0. The fourth-order valence-electron chi connectivity index (χ4n) is 8.79. The Balaban J connectivity index is 1.02. The molecule has 0 atom stereocenters. The number of hydrogen-bond acceptors (Lipinski definition) is 2. The first kappa shape index (κ1) is 35.2. The molecule has 11 aromatic rings. The summed E-state index contributed by atoms with van der Waals surface area (Å²) in [6, 6.07) is 84.9. The van der Waals surface area contributed by atoms with E-state index in [-0.39, 0.29) is 0 Å². The standard InChI is InChI=1S/C58H39NO/c1-2-16-41(17-3-1)49-21-6-8-23-51(49)53-25-10-11-26-54(53)52-24-9-7-22-50(52)42-31-33-46(34-32-42)59(48-35-36-56-55-27-12-13-28-57(55)60-58(56)39-48)47-20-14-19-44(38-47)45-30-29-40-15-4-5-18-43(40)37-45/h1-39H.